The summed E-state index contributed by atoms with van der Waals surface area (Å²) < 4.78 is 13.3. The van der Waals surface area contributed by atoms with E-state index in [0.29, 0.717) is 6.42 Å². The predicted octanol–water partition coefficient (Wildman–Crippen LogP) is 5.47. The van der Waals surface area contributed by atoms with Crippen molar-refractivity contribution < 1.29 is 4.39 Å². The minimum Gasteiger partial charge on any atom is -0.250 e. The van der Waals surface area contributed by atoms with Gasteiger partial charge in [0.05, 0.1) is 22.8 Å². The molecule has 0 aromatic heterocycles. The predicted molar refractivity (Wildman–Crippen MR) is 96.3 cm³/mol. The fourth-order valence-electron chi connectivity index (χ4n) is 2.79. The van der Waals surface area contributed by atoms with Crippen molar-refractivity contribution >= 4 is 22.8 Å². The summed E-state index contributed by atoms with van der Waals surface area (Å²) in [6.07, 6.45) is 0.602. The molecule has 0 saturated heterocycles. The van der Waals surface area contributed by atoms with Crippen LogP contribution in [0.3, 0.4) is 0 Å². The van der Waals surface area contributed by atoms with Crippen molar-refractivity contribution in [1.82, 2.24) is 0 Å². The van der Waals surface area contributed by atoms with E-state index in [1.165, 1.54) is 12.1 Å². The largest absolute Gasteiger partial charge is 0.250 e. The molecule has 0 radical (unpaired) electrons. The SMILES string of the molecule is Fc1ccc(C2=Nc3ccccc3N=C(c3ccccc3)C2)cc1. The summed E-state index contributed by atoms with van der Waals surface area (Å²) in [7, 11) is 0. The van der Waals surface area contributed by atoms with Crippen molar-refractivity contribution in [2.75, 3.05) is 0 Å². The highest BCUT2D eigenvalue weighted by atomic mass is 19.1. The molecule has 0 fully saturated rings. The first-order valence-electron chi connectivity index (χ1n) is 7.85. The summed E-state index contributed by atoms with van der Waals surface area (Å²) in [5.41, 5.74) is 5.53. The Bertz CT molecular complexity index is 926. The van der Waals surface area contributed by atoms with Crippen molar-refractivity contribution in [3.8, 4) is 0 Å². The third-order valence-electron chi connectivity index (χ3n) is 4.01. The first-order chi connectivity index (χ1) is 11.8. The van der Waals surface area contributed by atoms with Gasteiger partial charge in [0, 0.05) is 6.42 Å². The molecular weight excluding hydrogens is 299 g/mol. The molecule has 24 heavy (non-hydrogen) atoms. The molecule has 0 aliphatic carbocycles. The molecule has 0 atom stereocenters. The van der Waals surface area contributed by atoms with Crippen LogP contribution in [0.5, 0.6) is 0 Å². The summed E-state index contributed by atoms with van der Waals surface area (Å²) in [5.74, 6) is -0.245. The molecule has 1 aliphatic rings. The van der Waals surface area contributed by atoms with Crippen molar-refractivity contribution in [3.63, 3.8) is 0 Å². The zero-order valence-electron chi connectivity index (χ0n) is 13.0. The van der Waals surface area contributed by atoms with E-state index in [1.54, 1.807) is 12.1 Å². The second kappa shape index (κ2) is 6.20. The lowest BCUT2D eigenvalue weighted by Gasteiger charge is -2.08. The number of hydrogen-bond acceptors (Lipinski definition) is 2. The van der Waals surface area contributed by atoms with Crippen LogP contribution in [0.1, 0.15) is 17.5 Å². The summed E-state index contributed by atoms with van der Waals surface area (Å²) >= 11 is 0. The smallest absolute Gasteiger partial charge is 0.123 e. The van der Waals surface area contributed by atoms with Gasteiger partial charge in [0.2, 0.25) is 0 Å². The second-order valence-corrected chi connectivity index (χ2v) is 5.66. The van der Waals surface area contributed by atoms with Gasteiger partial charge in [0.25, 0.3) is 0 Å². The van der Waals surface area contributed by atoms with Crippen LogP contribution in [0, 0.1) is 5.82 Å². The second-order valence-electron chi connectivity index (χ2n) is 5.66. The average molecular weight is 314 g/mol. The maximum atomic E-state index is 13.3. The highest BCUT2D eigenvalue weighted by Crippen LogP contribution is 2.32. The van der Waals surface area contributed by atoms with Gasteiger partial charge in [-0.15, -0.1) is 0 Å². The Morgan fingerprint density at radius 1 is 0.583 bits per heavy atom. The number of hydrogen-bond donors (Lipinski definition) is 0. The third-order valence-corrected chi connectivity index (χ3v) is 4.01. The van der Waals surface area contributed by atoms with E-state index in [4.69, 9.17) is 9.98 Å². The van der Waals surface area contributed by atoms with E-state index in [0.717, 1.165) is 33.9 Å². The molecule has 0 spiro atoms. The molecule has 1 aliphatic heterocycles. The van der Waals surface area contributed by atoms with Gasteiger partial charge in [-0.05, 0) is 35.4 Å². The van der Waals surface area contributed by atoms with Gasteiger partial charge in [-0.1, -0.05) is 54.6 Å². The molecule has 4 rings (SSSR count). The third kappa shape index (κ3) is 2.88. The number of para-hydroxylation sites is 2. The monoisotopic (exact) mass is 314 g/mol. The van der Waals surface area contributed by atoms with Crippen molar-refractivity contribution in [2.24, 2.45) is 9.98 Å². The topological polar surface area (TPSA) is 24.7 Å². The molecule has 2 nitrogen and oxygen atoms in total. The maximum absolute atomic E-state index is 13.3. The van der Waals surface area contributed by atoms with Crippen LogP contribution in [0.15, 0.2) is 88.8 Å². The molecule has 0 amide bonds. The first-order valence-corrected chi connectivity index (χ1v) is 7.85. The van der Waals surface area contributed by atoms with E-state index < -0.39 is 0 Å². The highest BCUT2D eigenvalue weighted by molar-refractivity contribution is 6.20. The van der Waals surface area contributed by atoms with Crippen molar-refractivity contribution in [2.45, 2.75) is 6.42 Å². The summed E-state index contributed by atoms with van der Waals surface area (Å²) in [4.78, 5) is 9.63. The average Bonchev–Trinajstić information content (AvgIpc) is 2.83. The molecule has 3 aromatic carbocycles. The van der Waals surface area contributed by atoms with E-state index in [2.05, 4.69) is 12.1 Å². The normalized spacial score (nSPS) is 13.5. The van der Waals surface area contributed by atoms with Gasteiger partial charge in [-0.25, -0.2) is 4.39 Å². The number of rotatable bonds is 2. The van der Waals surface area contributed by atoms with Gasteiger partial charge in [0.15, 0.2) is 0 Å². The van der Waals surface area contributed by atoms with Gasteiger partial charge in [-0.3, -0.25) is 9.98 Å². The first kappa shape index (κ1) is 14.5. The minimum absolute atomic E-state index is 0.245. The van der Waals surface area contributed by atoms with E-state index in [9.17, 15) is 4.39 Å². The number of nitrogens with zero attached hydrogens (tertiary/aromatic N) is 2. The van der Waals surface area contributed by atoms with Crippen molar-refractivity contribution in [3.05, 3.63) is 95.8 Å². The van der Waals surface area contributed by atoms with Gasteiger partial charge in [-0.2, -0.15) is 0 Å². The van der Waals surface area contributed by atoms with Crippen molar-refractivity contribution in [1.29, 1.82) is 0 Å². The van der Waals surface area contributed by atoms with E-state index in [1.807, 2.05) is 42.5 Å². The van der Waals surface area contributed by atoms with Crippen LogP contribution < -0.4 is 0 Å². The quantitative estimate of drug-likeness (QED) is 0.599. The molecule has 0 N–H and O–H groups in total. The van der Waals surface area contributed by atoms with Gasteiger partial charge >= 0.3 is 0 Å². The van der Waals surface area contributed by atoms with Gasteiger partial charge < -0.3 is 0 Å². The summed E-state index contributed by atoms with van der Waals surface area (Å²) in [6, 6.07) is 24.4. The Morgan fingerprint density at radius 2 is 1.08 bits per heavy atom. The van der Waals surface area contributed by atoms with E-state index >= 15 is 0 Å². The zero-order chi connectivity index (χ0) is 16.4. The summed E-state index contributed by atoms with van der Waals surface area (Å²) in [6.45, 7) is 0. The summed E-state index contributed by atoms with van der Waals surface area (Å²) in [5, 5.41) is 0. The fourth-order valence-corrected chi connectivity index (χ4v) is 2.79. The Hall–Kier alpha value is -3.07. The number of halogens is 1. The Balaban J connectivity index is 1.86. The number of benzene rings is 3. The van der Waals surface area contributed by atoms with Gasteiger partial charge in [0.1, 0.15) is 5.82 Å². The molecule has 0 bridgehead atoms. The fraction of sp³-hybridized carbons (Fsp3) is 0.0476. The molecule has 1 heterocycles. The lowest BCUT2D eigenvalue weighted by molar-refractivity contribution is 0.628. The minimum atomic E-state index is -0.245. The molecule has 0 saturated carbocycles. The zero-order valence-corrected chi connectivity index (χ0v) is 13.0. The van der Waals surface area contributed by atoms with Crippen LogP contribution in [-0.2, 0) is 0 Å². The Morgan fingerprint density at radius 3 is 1.67 bits per heavy atom. The standard InChI is InChI=1S/C21H15FN2/c22-17-12-10-16(11-13-17)21-14-20(15-6-2-1-3-7-15)23-18-8-4-5-9-19(18)24-21/h1-13H,14H2. The highest BCUT2D eigenvalue weighted by Gasteiger charge is 2.16. The molecule has 116 valence electrons. The number of fused-ring (bicyclic) bond motifs is 1. The van der Waals surface area contributed by atoms with Crippen LogP contribution in [-0.4, -0.2) is 11.4 Å². The molecular formula is C21H15FN2. The lowest BCUT2D eigenvalue weighted by atomic mass is 10.00. The molecule has 0 unspecified atom stereocenters. The Kier molecular flexibility index (Phi) is 3.75. The molecule has 3 heteroatoms. The Labute approximate surface area is 140 Å². The lowest BCUT2D eigenvalue weighted by Crippen LogP contribution is -2.09. The number of aliphatic imine (C=N–C) groups is 2. The van der Waals surface area contributed by atoms with Crippen LogP contribution >= 0.6 is 0 Å². The molecule has 3 aromatic rings. The van der Waals surface area contributed by atoms with Crippen LogP contribution in [0.4, 0.5) is 15.8 Å². The van der Waals surface area contributed by atoms with E-state index in [-0.39, 0.29) is 5.82 Å². The maximum Gasteiger partial charge on any atom is 0.123 e. The van der Waals surface area contributed by atoms with Crippen LogP contribution in [0.2, 0.25) is 0 Å². The van der Waals surface area contributed by atoms with Crippen LogP contribution in [0.25, 0.3) is 0 Å².